The van der Waals surface area contributed by atoms with Crippen LogP contribution in [0.5, 0.6) is 0 Å². The molecule has 0 bridgehead atoms. The van der Waals surface area contributed by atoms with Crippen LogP contribution in [-0.2, 0) is 4.74 Å². The minimum atomic E-state index is -0.498. The van der Waals surface area contributed by atoms with Crippen molar-refractivity contribution in [2.75, 3.05) is 12.8 Å². The first-order valence-corrected chi connectivity index (χ1v) is 5.00. The van der Waals surface area contributed by atoms with Gasteiger partial charge in [-0.3, -0.25) is 0 Å². The van der Waals surface area contributed by atoms with Gasteiger partial charge in [0.05, 0.1) is 12.8 Å². The predicted molar refractivity (Wildman–Crippen MR) is 61.8 cm³/mol. The van der Waals surface area contributed by atoms with Crippen LogP contribution in [-0.4, -0.2) is 27.8 Å². The fourth-order valence-electron chi connectivity index (χ4n) is 1.55. The molecular weight excluding hydrogens is 220 g/mol. The molecule has 0 saturated heterocycles. The summed E-state index contributed by atoms with van der Waals surface area (Å²) >= 11 is 0. The van der Waals surface area contributed by atoms with Crippen LogP contribution in [0.1, 0.15) is 16.1 Å². The Morgan fingerprint density at radius 1 is 1.47 bits per heavy atom. The summed E-state index contributed by atoms with van der Waals surface area (Å²) < 4.78 is 6.07. The highest BCUT2D eigenvalue weighted by Gasteiger charge is 2.20. The molecule has 2 aromatic heterocycles. The van der Waals surface area contributed by atoms with Gasteiger partial charge in [0.2, 0.25) is 0 Å². The number of hydrogen-bond donors (Lipinski definition) is 1. The van der Waals surface area contributed by atoms with Crippen molar-refractivity contribution in [3.8, 4) is 5.82 Å². The van der Waals surface area contributed by atoms with Crippen molar-refractivity contribution in [2.45, 2.75) is 6.92 Å². The predicted octanol–water partition coefficient (Wildman–Crippen LogP) is 0.945. The van der Waals surface area contributed by atoms with Gasteiger partial charge in [-0.05, 0) is 19.1 Å². The Balaban J connectivity index is 2.56. The third-order valence-corrected chi connectivity index (χ3v) is 2.35. The van der Waals surface area contributed by atoms with Gasteiger partial charge in [-0.15, -0.1) is 0 Å². The quantitative estimate of drug-likeness (QED) is 0.779. The van der Waals surface area contributed by atoms with E-state index in [-0.39, 0.29) is 11.4 Å². The van der Waals surface area contributed by atoms with Gasteiger partial charge >= 0.3 is 5.97 Å². The zero-order valence-corrected chi connectivity index (χ0v) is 9.54. The summed E-state index contributed by atoms with van der Waals surface area (Å²) in [5, 5.41) is 4.18. The second-order valence-electron chi connectivity index (χ2n) is 3.44. The van der Waals surface area contributed by atoms with Gasteiger partial charge in [-0.1, -0.05) is 6.07 Å². The van der Waals surface area contributed by atoms with E-state index in [4.69, 9.17) is 5.73 Å². The molecule has 0 spiro atoms. The van der Waals surface area contributed by atoms with Crippen LogP contribution in [0.15, 0.2) is 24.4 Å². The van der Waals surface area contributed by atoms with Crippen LogP contribution in [0.3, 0.4) is 0 Å². The van der Waals surface area contributed by atoms with Crippen LogP contribution in [0.4, 0.5) is 5.82 Å². The molecule has 6 nitrogen and oxygen atoms in total. The summed E-state index contributed by atoms with van der Waals surface area (Å²) in [5.41, 5.74) is 6.66. The molecule has 0 unspecified atom stereocenters. The molecular formula is C11H12N4O2. The van der Waals surface area contributed by atoms with Gasteiger partial charge < -0.3 is 10.5 Å². The summed E-state index contributed by atoms with van der Waals surface area (Å²) in [7, 11) is 1.30. The zero-order valence-electron chi connectivity index (χ0n) is 9.54. The molecule has 2 N–H and O–H groups in total. The number of aryl methyl sites for hydroxylation is 1. The molecule has 2 aromatic rings. The lowest BCUT2D eigenvalue weighted by molar-refractivity contribution is 0.0601. The van der Waals surface area contributed by atoms with Crippen LogP contribution >= 0.6 is 0 Å². The lowest BCUT2D eigenvalue weighted by Crippen LogP contribution is -2.08. The van der Waals surface area contributed by atoms with Crippen molar-refractivity contribution in [1.82, 2.24) is 14.8 Å². The van der Waals surface area contributed by atoms with E-state index in [1.54, 1.807) is 25.3 Å². The normalized spacial score (nSPS) is 10.2. The third kappa shape index (κ3) is 1.84. The number of hydrogen-bond acceptors (Lipinski definition) is 5. The average Bonchev–Trinajstić information content (AvgIpc) is 2.65. The lowest BCUT2D eigenvalue weighted by Gasteiger charge is -2.02. The van der Waals surface area contributed by atoms with E-state index in [0.29, 0.717) is 11.5 Å². The van der Waals surface area contributed by atoms with Crippen LogP contribution in [0, 0.1) is 6.92 Å². The van der Waals surface area contributed by atoms with Gasteiger partial charge in [0.1, 0.15) is 11.4 Å². The number of nitrogens with zero attached hydrogens (tertiary/aromatic N) is 3. The number of rotatable bonds is 2. The summed E-state index contributed by atoms with van der Waals surface area (Å²) in [6, 6.07) is 5.36. The molecule has 17 heavy (non-hydrogen) atoms. The second kappa shape index (κ2) is 4.25. The molecule has 0 saturated carbocycles. The van der Waals surface area contributed by atoms with Gasteiger partial charge in [0.15, 0.2) is 5.82 Å². The number of aromatic nitrogens is 3. The van der Waals surface area contributed by atoms with Crippen LogP contribution in [0.2, 0.25) is 0 Å². The topological polar surface area (TPSA) is 83.0 Å². The van der Waals surface area contributed by atoms with E-state index >= 15 is 0 Å². The van der Waals surface area contributed by atoms with E-state index < -0.39 is 5.97 Å². The molecule has 0 aliphatic heterocycles. The SMILES string of the molecule is COC(=O)c1c(C)nn(-c2ccccn2)c1N. The van der Waals surface area contributed by atoms with E-state index in [9.17, 15) is 4.79 Å². The second-order valence-corrected chi connectivity index (χ2v) is 3.44. The van der Waals surface area contributed by atoms with Crippen LogP contribution in [0.25, 0.3) is 5.82 Å². The minimum absolute atomic E-state index is 0.230. The highest BCUT2D eigenvalue weighted by atomic mass is 16.5. The Bertz CT molecular complexity index is 548. The van der Waals surface area contributed by atoms with Crippen molar-refractivity contribution in [2.24, 2.45) is 0 Å². The smallest absolute Gasteiger partial charge is 0.343 e. The first-order chi connectivity index (χ1) is 8.15. The van der Waals surface area contributed by atoms with Gasteiger partial charge in [-0.2, -0.15) is 9.78 Å². The molecule has 0 aliphatic rings. The number of carbonyl (C=O) groups is 1. The Morgan fingerprint density at radius 2 is 2.24 bits per heavy atom. The van der Waals surface area contributed by atoms with Crippen LogP contribution < -0.4 is 5.73 Å². The third-order valence-electron chi connectivity index (χ3n) is 2.35. The molecule has 0 amide bonds. The molecule has 0 aliphatic carbocycles. The molecule has 2 rings (SSSR count). The number of nitrogen functional groups attached to an aromatic ring is 1. The first kappa shape index (κ1) is 11.1. The lowest BCUT2D eigenvalue weighted by atomic mass is 10.2. The average molecular weight is 232 g/mol. The van der Waals surface area contributed by atoms with E-state index in [1.807, 2.05) is 6.07 Å². The standard InChI is InChI=1S/C11H12N4O2/c1-7-9(11(16)17-2)10(12)15(14-7)8-5-3-4-6-13-8/h3-6H,12H2,1-2H3. The molecule has 0 radical (unpaired) electrons. The minimum Gasteiger partial charge on any atom is -0.465 e. The van der Waals surface area contributed by atoms with Gasteiger partial charge in [0, 0.05) is 6.20 Å². The van der Waals surface area contributed by atoms with Gasteiger partial charge in [-0.25, -0.2) is 9.78 Å². The van der Waals surface area contributed by atoms with Crippen molar-refractivity contribution in [3.63, 3.8) is 0 Å². The molecule has 2 heterocycles. The Labute approximate surface area is 98.0 Å². The van der Waals surface area contributed by atoms with Crippen molar-refractivity contribution in [1.29, 1.82) is 0 Å². The maximum absolute atomic E-state index is 11.5. The number of carbonyl (C=O) groups excluding carboxylic acids is 1. The molecule has 0 atom stereocenters. The largest absolute Gasteiger partial charge is 0.465 e. The molecule has 0 fully saturated rings. The summed E-state index contributed by atoms with van der Waals surface area (Å²) in [5.74, 6) is 0.290. The fraction of sp³-hybridized carbons (Fsp3) is 0.182. The molecule has 0 aromatic carbocycles. The fourth-order valence-corrected chi connectivity index (χ4v) is 1.55. The maximum atomic E-state index is 11.5. The number of pyridine rings is 1. The van der Waals surface area contributed by atoms with E-state index in [1.165, 1.54) is 11.8 Å². The van der Waals surface area contributed by atoms with Crippen molar-refractivity contribution >= 4 is 11.8 Å². The van der Waals surface area contributed by atoms with E-state index in [0.717, 1.165) is 0 Å². The first-order valence-electron chi connectivity index (χ1n) is 5.00. The molecule has 88 valence electrons. The summed E-state index contributed by atoms with van der Waals surface area (Å²) in [4.78, 5) is 15.6. The Morgan fingerprint density at radius 3 is 2.82 bits per heavy atom. The summed E-state index contributed by atoms with van der Waals surface area (Å²) in [6.07, 6.45) is 1.63. The molecule has 6 heteroatoms. The number of methoxy groups -OCH3 is 1. The van der Waals surface area contributed by atoms with Crippen molar-refractivity contribution in [3.05, 3.63) is 35.7 Å². The van der Waals surface area contributed by atoms with E-state index in [2.05, 4.69) is 14.8 Å². The summed E-state index contributed by atoms with van der Waals surface area (Å²) in [6.45, 7) is 1.70. The number of nitrogens with two attached hydrogens (primary N) is 1. The Hall–Kier alpha value is -2.37. The number of anilines is 1. The number of ether oxygens (including phenoxy) is 1. The highest BCUT2D eigenvalue weighted by Crippen LogP contribution is 2.20. The Kier molecular flexibility index (Phi) is 2.78. The highest BCUT2D eigenvalue weighted by molar-refractivity contribution is 5.95. The number of esters is 1. The van der Waals surface area contributed by atoms with Gasteiger partial charge in [0.25, 0.3) is 0 Å². The monoisotopic (exact) mass is 232 g/mol. The van der Waals surface area contributed by atoms with Crippen molar-refractivity contribution < 1.29 is 9.53 Å². The maximum Gasteiger partial charge on any atom is 0.343 e. The zero-order chi connectivity index (χ0) is 12.4.